The summed E-state index contributed by atoms with van der Waals surface area (Å²) in [5.41, 5.74) is 3.01. The first kappa shape index (κ1) is 29.1. The van der Waals surface area contributed by atoms with Gasteiger partial charge in [0, 0.05) is 5.71 Å². The van der Waals surface area contributed by atoms with Gasteiger partial charge in [-0.05, 0) is 129 Å². The second-order valence-electron chi connectivity index (χ2n) is 15.0. The van der Waals surface area contributed by atoms with Crippen LogP contribution in [0.1, 0.15) is 117 Å². The lowest BCUT2D eigenvalue weighted by Gasteiger charge is -2.61. The highest BCUT2D eigenvalue weighted by Crippen LogP contribution is 2.68. The van der Waals surface area contributed by atoms with E-state index in [2.05, 4.69) is 44.6 Å². The molecule has 1 aromatic rings. The van der Waals surface area contributed by atoms with Crippen LogP contribution in [0.5, 0.6) is 0 Å². The van der Waals surface area contributed by atoms with Gasteiger partial charge in [-0.1, -0.05) is 71.6 Å². The molecule has 5 heteroatoms. The third kappa shape index (κ3) is 5.60. The molecule has 5 rings (SSSR count). The molecule has 0 saturated heterocycles. The number of rotatable bonds is 8. The minimum absolute atomic E-state index is 0.285. The van der Waals surface area contributed by atoms with E-state index in [0.717, 1.165) is 66.0 Å². The van der Waals surface area contributed by atoms with Crippen molar-refractivity contribution in [3.8, 4) is 0 Å². The van der Waals surface area contributed by atoms with Crippen LogP contribution >= 0.6 is 0 Å². The predicted molar refractivity (Wildman–Crippen MR) is 162 cm³/mol. The van der Waals surface area contributed by atoms with Gasteiger partial charge in [-0.15, -0.1) is 0 Å². The highest BCUT2D eigenvalue weighted by molar-refractivity contribution is 7.89. The molecule has 4 fully saturated rings. The Kier molecular flexibility index (Phi) is 8.32. The molecule has 0 spiro atoms. The van der Waals surface area contributed by atoms with Gasteiger partial charge in [-0.25, -0.2) is 4.83 Å². The number of hydrogen-bond acceptors (Lipinski definition) is 3. The fraction of sp³-hybridized carbons (Fsp3) is 0.794. The molecule has 0 heterocycles. The van der Waals surface area contributed by atoms with E-state index in [1.807, 2.05) is 19.1 Å². The molecule has 1 N–H and O–H groups in total. The molecule has 4 aliphatic carbocycles. The van der Waals surface area contributed by atoms with Crippen molar-refractivity contribution >= 4 is 15.7 Å². The van der Waals surface area contributed by atoms with Crippen molar-refractivity contribution in [1.29, 1.82) is 0 Å². The van der Waals surface area contributed by atoms with E-state index >= 15 is 0 Å². The summed E-state index contributed by atoms with van der Waals surface area (Å²) in [6, 6.07) is 6.99. The molecule has 0 aromatic heterocycles. The Morgan fingerprint density at radius 1 is 0.923 bits per heavy atom. The molecule has 4 aliphatic rings. The summed E-state index contributed by atoms with van der Waals surface area (Å²) in [4.78, 5) is 2.85. The van der Waals surface area contributed by atoms with E-state index in [1.165, 1.54) is 57.8 Å². The summed E-state index contributed by atoms with van der Waals surface area (Å²) in [5.74, 6) is 5.85. The summed E-state index contributed by atoms with van der Waals surface area (Å²) < 4.78 is 25.6. The van der Waals surface area contributed by atoms with Gasteiger partial charge in [-0.3, -0.25) is 0 Å². The zero-order chi connectivity index (χ0) is 28.0. The molecule has 4 saturated carbocycles. The van der Waals surface area contributed by atoms with Crippen molar-refractivity contribution in [1.82, 2.24) is 4.83 Å². The van der Waals surface area contributed by atoms with Gasteiger partial charge in [-0.2, -0.15) is 13.5 Å². The second kappa shape index (κ2) is 11.1. The van der Waals surface area contributed by atoms with Crippen LogP contribution in [0, 0.1) is 59.2 Å². The molecule has 0 unspecified atom stereocenters. The fourth-order valence-corrected chi connectivity index (χ4v) is 10.9. The van der Waals surface area contributed by atoms with E-state index < -0.39 is 10.0 Å². The Labute approximate surface area is 239 Å². The highest BCUT2D eigenvalue weighted by Gasteiger charge is 2.60. The smallest absolute Gasteiger partial charge is 0.200 e. The maximum absolute atomic E-state index is 12.8. The average molecular weight is 555 g/mol. The first-order chi connectivity index (χ1) is 18.4. The van der Waals surface area contributed by atoms with Gasteiger partial charge in [0.2, 0.25) is 0 Å². The Morgan fingerprint density at radius 3 is 2.36 bits per heavy atom. The number of sulfonamides is 1. The number of hydrogen-bond donors (Lipinski definition) is 1. The molecule has 0 radical (unpaired) electrons. The quantitative estimate of drug-likeness (QED) is 0.327. The first-order valence-corrected chi connectivity index (χ1v) is 17.6. The van der Waals surface area contributed by atoms with Gasteiger partial charge in [0.15, 0.2) is 0 Å². The number of aryl methyl sites for hydroxylation is 1. The number of fused-ring (bicyclic) bond motifs is 5. The lowest BCUT2D eigenvalue weighted by Crippen LogP contribution is -2.53. The molecule has 0 amide bonds. The number of benzene rings is 1. The van der Waals surface area contributed by atoms with E-state index in [-0.39, 0.29) is 4.90 Å². The average Bonchev–Trinajstić information content (AvgIpc) is 3.25. The molecular weight excluding hydrogens is 500 g/mol. The summed E-state index contributed by atoms with van der Waals surface area (Å²) in [5, 5.41) is 4.49. The van der Waals surface area contributed by atoms with Gasteiger partial charge in [0.05, 0.1) is 4.90 Å². The fourth-order valence-electron chi connectivity index (χ4n) is 10.1. The van der Waals surface area contributed by atoms with E-state index in [9.17, 15) is 8.42 Å². The van der Waals surface area contributed by atoms with Crippen molar-refractivity contribution < 1.29 is 8.42 Å². The Morgan fingerprint density at radius 2 is 1.64 bits per heavy atom. The lowest BCUT2D eigenvalue weighted by atomic mass is 9.44. The van der Waals surface area contributed by atoms with Crippen molar-refractivity contribution in [2.24, 2.45) is 57.4 Å². The monoisotopic (exact) mass is 554 g/mol. The minimum Gasteiger partial charge on any atom is -0.200 e. The van der Waals surface area contributed by atoms with E-state index in [4.69, 9.17) is 0 Å². The standard InChI is InChI=1S/C34H54N2O2S/c1-23(2)8-7-9-25(4)30-16-17-31-29-15-12-26-22-27(18-20-33(26,5)32(29)19-21-34(30,31)6)35-36-39(37,38)28-13-10-24(3)11-14-28/h10-11,13-14,23,25-26,29-32,36H,7-9,12,15-22H2,1-6H3/t25-,26+,29+,30-,31+,32+,33+,34-/m1/s1. The molecule has 218 valence electrons. The van der Waals surface area contributed by atoms with Crippen LogP contribution in [0.15, 0.2) is 34.3 Å². The topological polar surface area (TPSA) is 58.5 Å². The van der Waals surface area contributed by atoms with Gasteiger partial charge in [0.25, 0.3) is 10.0 Å². The summed E-state index contributed by atoms with van der Waals surface area (Å²) in [6.07, 6.45) is 15.6. The summed E-state index contributed by atoms with van der Waals surface area (Å²) in [7, 11) is -3.62. The van der Waals surface area contributed by atoms with Crippen LogP contribution < -0.4 is 4.83 Å². The Hall–Kier alpha value is -1.36. The summed E-state index contributed by atoms with van der Waals surface area (Å²) >= 11 is 0. The molecule has 0 bridgehead atoms. The third-order valence-electron chi connectivity index (χ3n) is 12.4. The summed E-state index contributed by atoms with van der Waals surface area (Å²) in [6.45, 7) is 14.5. The number of nitrogens with zero attached hydrogens (tertiary/aromatic N) is 1. The zero-order valence-corrected chi connectivity index (χ0v) is 26.3. The Balaban J connectivity index is 1.23. The SMILES string of the molecule is Cc1ccc(S(=O)(=O)NN=C2CC[C@@]3(C)[C@@H](CC[C@@H]4[C@@H]3CC[C@]3(C)[C@@H]([C@H](C)CCCC(C)C)CC[C@@H]43)C2)cc1. The van der Waals surface area contributed by atoms with Crippen LogP contribution in [0.2, 0.25) is 0 Å². The maximum Gasteiger partial charge on any atom is 0.276 e. The highest BCUT2D eigenvalue weighted by atomic mass is 32.2. The number of hydrazone groups is 1. The molecule has 4 nitrogen and oxygen atoms in total. The van der Waals surface area contributed by atoms with Crippen LogP contribution in [-0.4, -0.2) is 14.1 Å². The molecule has 1 aromatic carbocycles. The van der Waals surface area contributed by atoms with Crippen molar-refractivity contribution in [2.45, 2.75) is 123 Å². The predicted octanol–water partition coefficient (Wildman–Crippen LogP) is 8.75. The normalized spacial score (nSPS) is 38.2. The molecule has 0 aliphatic heterocycles. The van der Waals surface area contributed by atoms with Crippen LogP contribution in [0.25, 0.3) is 0 Å². The Bertz CT molecular complexity index is 1140. The molecule has 39 heavy (non-hydrogen) atoms. The van der Waals surface area contributed by atoms with Gasteiger partial charge >= 0.3 is 0 Å². The minimum atomic E-state index is -3.62. The van der Waals surface area contributed by atoms with Crippen LogP contribution in [-0.2, 0) is 10.0 Å². The lowest BCUT2D eigenvalue weighted by molar-refractivity contribution is -0.105. The van der Waals surface area contributed by atoms with Crippen molar-refractivity contribution in [3.63, 3.8) is 0 Å². The van der Waals surface area contributed by atoms with Gasteiger partial charge < -0.3 is 0 Å². The van der Waals surface area contributed by atoms with Crippen molar-refractivity contribution in [2.75, 3.05) is 0 Å². The zero-order valence-electron chi connectivity index (χ0n) is 25.5. The second-order valence-corrected chi connectivity index (χ2v) is 16.6. The van der Waals surface area contributed by atoms with E-state index in [1.54, 1.807) is 12.1 Å². The van der Waals surface area contributed by atoms with Crippen LogP contribution in [0.4, 0.5) is 0 Å². The number of nitrogens with one attached hydrogen (secondary N) is 1. The molecule has 8 atom stereocenters. The van der Waals surface area contributed by atoms with Crippen LogP contribution in [0.3, 0.4) is 0 Å². The largest absolute Gasteiger partial charge is 0.276 e. The first-order valence-electron chi connectivity index (χ1n) is 16.1. The van der Waals surface area contributed by atoms with Gasteiger partial charge in [0.1, 0.15) is 0 Å². The molecular formula is C34H54N2O2S. The third-order valence-corrected chi connectivity index (χ3v) is 13.6. The van der Waals surface area contributed by atoms with Crippen molar-refractivity contribution in [3.05, 3.63) is 29.8 Å². The maximum atomic E-state index is 12.8. The van der Waals surface area contributed by atoms with E-state index in [0.29, 0.717) is 16.7 Å².